The Hall–Kier alpha value is -10.2. The maximum absolute atomic E-state index is 12.9. The molecule has 0 fully saturated rings. The van der Waals surface area contributed by atoms with E-state index in [1.807, 2.05) is 12.3 Å². The van der Waals surface area contributed by atoms with E-state index in [0.717, 1.165) is 154 Å². The summed E-state index contributed by atoms with van der Waals surface area (Å²) in [6.45, 7) is 8.81. The molecule has 16 rings (SSSR count). The number of hydrogen-bond donors (Lipinski definition) is 0. The number of aryl methyl sites for hydroxylation is 4. The molecule has 0 aliphatic heterocycles. The highest BCUT2D eigenvalue weighted by molar-refractivity contribution is 6.19. The molecule has 6 aromatic heterocycles. The first-order chi connectivity index (χ1) is 37.9. The van der Waals surface area contributed by atoms with Gasteiger partial charge in [-0.25, -0.2) is 0 Å². The summed E-state index contributed by atoms with van der Waals surface area (Å²) in [6.07, 6.45) is 3.68. The number of nitriles is 1. The molecule has 0 spiro atoms. The van der Waals surface area contributed by atoms with Crippen molar-refractivity contribution < 1.29 is 4.42 Å². The lowest BCUT2D eigenvalue weighted by Crippen LogP contribution is -2.16. The van der Waals surface area contributed by atoms with Crippen molar-refractivity contribution in [1.82, 2.24) is 23.3 Å². The van der Waals surface area contributed by atoms with E-state index in [4.69, 9.17) is 4.42 Å². The molecule has 0 atom stereocenters. The summed E-state index contributed by atoms with van der Waals surface area (Å²) in [5.74, 6) is 0. The van der Waals surface area contributed by atoms with Crippen molar-refractivity contribution in [2.45, 2.75) is 27.7 Å². The molecule has 0 saturated carbocycles. The molecule has 7 nitrogen and oxygen atoms in total. The minimum absolute atomic E-state index is 0.528. The fraction of sp³-hybridized carbons (Fsp3) is 0.0571. The summed E-state index contributed by atoms with van der Waals surface area (Å²) < 4.78 is 16.6. The molecular weight excluding hydrogens is 941 g/mol. The maximum Gasteiger partial charge on any atom is 0.138 e. The van der Waals surface area contributed by atoms with E-state index >= 15 is 0 Å². The number of para-hydroxylation sites is 4. The van der Waals surface area contributed by atoms with Gasteiger partial charge < -0.3 is 22.7 Å². The lowest BCUT2D eigenvalue weighted by Gasteiger charge is -2.29. The van der Waals surface area contributed by atoms with Crippen molar-refractivity contribution >= 4 is 109 Å². The highest BCUT2D eigenvalue weighted by Crippen LogP contribution is 2.53. The molecule has 6 heterocycles. The molecule has 0 saturated heterocycles. The predicted molar refractivity (Wildman–Crippen MR) is 318 cm³/mol. The number of benzene rings is 10. The molecule has 0 aliphatic carbocycles. The molecule has 0 N–H and O–H groups in total. The van der Waals surface area contributed by atoms with Gasteiger partial charge in [-0.3, -0.25) is 4.98 Å². The number of hydrogen-bond acceptors (Lipinski definition) is 3. The third kappa shape index (κ3) is 5.76. The van der Waals surface area contributed by atoms with Gasteiger partial charge in [0.05, 0.1) is 66.9 Å². The molecule has 16 aromatic rings. The van der Waals surface area contributed by atoms with Gasteiger partial charge in [0.25, 0.3) is 0 Å². The van der Waals surface area contributed by atoms with Crippen LogP contribution in [0.5, 0.6) is 0 Å². The molecule has 362 valence electrons. The van der Waals surface area contributed by atoms with Crippen LogP contribution in [0.1, 0.15) is 27.8 Å². The number of fused-ring (bicyclic) bond motifs is 15. The summed E-state index contributed by atoms with van der Waals surface area (Å²) >= 11 is 0. The zero-order valence-electron chi connectivity index (χ0n) is 42.7. The average molecular weight is 987 g/mol. The normalized spacial score (nSPS) is 12.1. The fourth-order valence-corrected chi connectivity index (χ4v) is 13.5. The Morgan fingerprint density at radius 1 is 0.364 bits per heavy atom. The Balaban J connectivity index is 1.28. The van der Waals surface area contributed by atoms with Crippen molar-refractivity contribution in [3.63, 3.8) is 0 Å². The van der Waals surface area contributed by atoms with Gasteiger partial charge in [0.2, 0.25) is 0 Å². The van der Waals surface area contributed by atoms with Crippen molar-refractivity contribution in [3.05, 3.63) is 234 Å². The molecule has 77 heavy (non-hydrogen) atoms. The zero-order valence-corrected chi connectivity index (χ0v) is 42.7. The second kappa shape index (κ2) is 15.9. The smallest absolute Gasteiger partial charge is 0.138 e. The minimum Gasteiger partial charge on any atom is -0.456 e. The van der Waals surface area contributed by atoms with Crippen LogP contribution in [0.15, 0.2) is 211 Å². The first kappa shape index (κ1) is 43.3. The third-order valence-corrected chi connectivity index (χ3v) is 16.6. The van der Waals surface area contributed by atoms with Gasteiger partial charge in [0, 0.05) is 71.8 Å². The van der Waals surface area contributed by atoms with E-state index in [2.05, 4.69) is 245 Å². The van der Waals surface area contributed by atoms with Gasteiger partial charge in [-0.05, 0) is 122 Å². The fourth-order valence-electron chi connectivity index (χ4n) is 13.5. The maximum atomic E-state index is 12.9. The molecule has 0 aliphatic rings. The molecule has 7 heteroatoms. The van der Waals surface area contributed by atoms with Gasteiger partial charge in [-0.2, -0.15) is 5.26 Å². The third-order valence-electron chi connectivity index (χ3n) is 16.6. The van der Waals surface area contributed by atoms with Crippen LogP contribution in [0.3, 0.4) is 0 Å². The lowest BCUT2D eigenvalue weighted by atomic mass is 9.92. The molecule has 0 bridgehead atoms. The topological polar surface area (TPSA) is 69.5 Å². The van der Waals surface area contributed by atoms with E-state index in [1.165, 1.54) is 11.1 Å². The van der Waals surface area contributed by atoms with Crippen LogP contribution in [0.2, 0.25) is 0 Å². The highest BCUT2D eigenvalue weighted by Gasteiger charge is 2.35. The summed E-state index contributed by atoms with van der Waals surface area (Å²) in [6, 6.07) is 73.1. The van der Waals surface area contributed by atoms with Crippen molar-refractivity contribution in [1.29, 1.82) is 5.26 Å². The van der Waals surface area contributed by atoms with E-state index in [9.17, 15) is 5.26 Å². The Morgan fingerprint density at radius 2 is 0.740 bits per heavy atom. The van der Waals surface area contributed by atoms with Gasteiger partial charge >= 0.3 is 0 Å². The summed E-state index contributed by atoms with van der Waals surface area (Å²) in [7, 11) is 0. The molecule has 10 aromatic carbocycles. The second-order valence-electron chi connectivity index (χ2n) is 20.7. The summed E-state index contributed by atoms with van der Waals surface area (Å²) in [5.41, 5.74) is 20.0. The van der Waals surface area contributed by atoms with Gasteiger partial charge in [0.1, 0.15) is 22.8 Å². The lowest BCUT2D eigenvalue weighted by molar-refractivity contribution is 0.668. The van der Waals surface area contributed by atoms with Crippen LogP contribution in [0.4, 0.5) is 0 Å². The van der Waals surface area contributed by atoms with E-state index in [-0.39, 0.29) is 0 Å². The van der Waals surface area contributed by atoms with Crippen LogP contribution in [0.25, 0.3) is 143 Å². The van der Waals surface area contributed by atoms with Crippen LogP contribution in [-0.2, 0) is 0 Å². The minimum atomic E-state index is 0.528. The van der Waals surface area contributed by atoms with Crippen LogP contribution in [0, 0.1) is 39.0 Å². The molecule has 0 radical (unpaired) electrons. The Kier molecular flexibility index (Phi) is 8.95. The van der Waals surface area contributed by atoms with E-state index < -0.39 is 0 Å². The van der Waals surface area contributed by atoms with Gasteiger partial charge in [-0.15, -0.1) is 0 Å². The Labute approximate surface area is 441 Å². The highest BCUT2D eigenvalue weighted by atomic mass is 16.3. The summed E-state index contributed by atoms with van der Waals surface area (Å²) in [4.78, 5) is 4.55. The van der Waals surface area contributed by atoms with E-state index in [0.29, 0.717) is 5.56 Å². The number of pyridine rings is 1. The standard InChI is InChI=1S/C70H46N6O/c1-40-17-13-29-56-62(40)46-21-5-9-25-52(46)73(56)67-50(38-71)68(74-53-26-10-6-22-47(53)63-41(2)18-14-30-57(63)74)70(76-55-28-12-8-24-49(55)65-43(4)20-16-32-59(65)76)66(44-33-34-45-51-39-72-36-35-60(51)77-61(45)37-44)69(67)75-54-27-11-7-23-48(54)64-42(3)19-15-31-58(64)75/h5-37,39H,1-4H3. The van der Waals surface area contributed by atoms with Gasteiger partial charge in [0.15, 0.2) is 0 Å². The monoisotopic (exact) mass is 986 g/mol. The number of nitrogens with zero attached hydrogens (tertiary/aromatic N) is 6. The second-order valence-corrected chi connectivity index (χ2v) is 20.7. The molecular formula is C70H46N6O. The number of aromatic nitrogens is 5. The average Bonchev–Trinajstić information content (AvgIpc) is 4.18. The van der Waals surface area contributed by atoms with E-state index in [1.54, 1.807) is 6.20 Å². The van der Waals surface area contributed by atoms with Crippen molar-refractivity contribution in [2.75, 3.05) is 0 Å². The van der Waals surface area contributed by atoms with Crippen LogP contribution >= 0.6 is 0 Å². The SMILES string of the molecule is Cc1cccc2c1c1ccccc1n2-c1c(C#N)c(-n2c3ccccc3c3c(C)cccc32)c(-n2c3ccccc3c3c(C)cccc32)c(-c2ccc3c(c2)oc2ccncc23)c1-n1c2ccccc2c2c(C)cccc21. The Morgan fingerprint density at radius 3 is 1.14 bits per heavy atom. The van der Waals surface area contributed by atoms with Gasteiger partial charge in [-0.1, -0.05) is 127 Å². The summed E-state index contributed by atoms with van der Waals surface area (Å²) in [5, 5.41) is 24.0. The number of rotatable bonds is 5. The molecule has 0 unspecified atom stereocenters. The Bertz CT molecular complexity index is 5030. The van der Waals surface area contributed by atoms with Crippen LogP contribution < -0.4 is 0 Å². The van der Waals surface area contributed by atoms with Crippen molar-refractivity contribution in [3.8, 4) is 39.9 Å². The van der Waals surface area contributed by atoms with Crippen molar-refractivity contribution in [2.24, 2.45) is 0 Å². The first-order valence-electron chi connectivity index (χ1n) is 26.3. The predicted octanol–water partition coefficient (Wildman–Crippen LogP) is 18.1. The quantitative estimate of drug-likeness (QED) is 0.172. The van der Waals surface area contributed by atoms with Crippen LogP contribution in [-0.4, -0.2) is 23.3 Å². The largest absolute Gasteiger partial charge is 0.456 e. The first-order valence-corrected chi connectivity index (χ1v) is 26.3. The number of furan rings is 1. The zero-order chi connectivity index (χ0) is 51.4. The molecule has 0 amide bonds.